The number of hydrogen-bond donors (Lipinski definition) is 6. The summed E-state index contributed by atoms with van der Waals surface area (Å²) in [6.07, 6.45) is 0.559. The lowest BCUT2D eigenvalue weighted by molar-refractivity contribution is 0.154. The van der Waals surface area contributed by atoms with Gasteiger partial charge in [0.2, 0.25) is 0 Å². The van der Waals surface area contributed by atoms with E-state index in [0.717, 1.165) is 11.1 Å². The van der Waals surface area contributed by atoms with Gasteiger partial charge in [-0.15, -0.1) is 0 Å². The first kappa shape index (κ1) is 19.6. The molecule has 2 aromatic carbocycles. The van der Waals surface area contributed by atoms with Crippen molar-refractivity contribution in [3.63, 3.8) is 0 Å². The Hall–Kier alpha value is -1.73. The van der Waals surface area contributed by atoms with Gasteiger partial charge in [0.25, 0.3) is 0 Å². The first-order chi connectivity index (χ1) is 11.7. The number of phenols is 2. The highest BCUT2D eigenvalue weighted by molar-refractivity contribution is 6.72. The van der Waals surface area contributed by atoms with Crippen molar-refractivity contribution in [1.29, 1.82) is 0 Å². The molecular formula is C16H22O7Si2. The molecule has 6 N–H and O–H groups in total. The summed E-state index contributed by atoms with van der Waals surface area (Å²) in [6.45, 7) is 0. The molecule has 0 aliphatic carbocycles. The summed E-state index contributed by atoms with van der Waals surface area (Å²) in [5.41, 5.74) is 1.54. The minimum absolute atomic E-state index is 0.114. The molecule has 7 nitrogen and oxygen atoms in total. The molecule has 9 heteroatoms. The lowest BCUT2D eigenvalue weighted by Crippen LogP contribution is -2.53. The van der Waals surface area contributed by atoms with Crippen LogP contribution in [0, 0.1) is 0 Å². The van der Waals surface area contributed by atoms with Gasteiger partial charge in [-0.3, -0.25) is 0 Å². The zero-order valence-corrected chi connectivity index (χ0v) is 15.5. The third kappa shape index (κ3) is 6.96. The van der Waals surface area contributed by atoms with Gasteiger partial charge in [-0.05, 0) is 48.2 Å². The van der Waals surface area contributed by atoms with Gasteiger partial charge in [0.15, 0.2) is 0 Å². The van der Waals surface area contributed by atoms with E-state index in [-0.39, 0.29) is 36.4 Å². The van der Waals surface area contributed by atoms with Gasteiger partial charge in [-0.1, -0.05) is 24.3 Å². The van der Waals surface area contributed by atoms with E-state index in [9.17, 15) is 29.4 Å². The molecule has 2 rings (SSSR count). The molecule has 0 atom stereocenters. The molecule has 0 bridgehead atoms. The van der Waals surface area contributed by atoms with Crippen LogP contribution in [0.15, 0.2) is 48.5 Å². The number of rotatable bonds is 8. The molecule has 0 aromatic heterocycles. The van der Waals surface area contributed by atoms with Crippen molar-refractivity contribution in [2.24, 2.45) is 0 Å². The summed E-state index contributed by atoms with van der Waals surface area (Å²) in [5, 5.41) is 18.4. The molecule has 0 fully saturated rings. The monoisotopic (exact) mass is 382 g/mol. The second-order valence-electron chi connectivity index (χ2n) is 5.92. The predicted molar refractivity (Wildman–Crippen MR) is 94.7 cm³/mol. The second kappa shape index (κ2) is 8.10. The third-order valence-electron chi connectivity index (χ3n) is 3.68. The molecule has 0 spiro atoms. The van der Waals surface area contributed by atoms with Crippen LogP contribution in [0.4, 0.5) is 0 Å². The molecule has 136 valence electrons. The van der Waals surface area contributed by atoms with Crippen molar-refractivity contribution in [2.75, 3.05) is 0 Å². The van der Waals surface area contributed by atoms with Gasteiger partial charge in [-0.2, -0.15) is 0 Å². The van der Waals surface area contributed by atoms with Crippen LogP contribution in [0.25, 0.3) is 0 Å². The average Bonchev–Trinajstić information content (AvgIpc) is 2.53. The van der Waals surface area contributed by atoms with Gasteiger partial charge in [0, 0.05) is 12.1 Å². The molecule has 0 unspecified atom stereocenters. The van der Waals surface area contributed by atoms with Crippen molar-refractivity contribution in [1.82, 2.24) is 0 Å². The number of aryl methyl sites for hydroxylation is 2. The normalized spacial score (nSPS) is 12.3. The maximum Gasteiger partial charge on any atom is 0.488 e. The highest BCUT2D eigenvalue weighted by atomic mass is 28.5. The van der Waals surface area contributed by atoms with E-state index in [0.29, 0.717) is 0 Å². The molecule has 2 aromatic rings. The number of aromatic hydroxyl groups is 2. The maximum absolute atomic E-state index is 10.0. The predicted octanol–water partition coefficient (Wildman–Crippen LogP) is 0.747. The lowest BCUT2D eigenvalue weighted by Gasteiger charge is -2.26. The van der Waals surface area contributed by atoms with Crippen molar-refractivity contribution in [2.45, 2.75) is 24.9 Å². The molecule has 0 amide bonds. The summed E-state index contributed by atoms with van der Waals surface area (Å²) in [7, 11) is -8.45. The van der Waals surface area contributed by atoms with Gasteiger partial charge in [0.1, 0.15) is 11.5 Å². The van der Waals surface area contributed by atoms with Crippen LogP contribution >= 0.6 is 0 Å². The maximum atomic E-state index is 10.0. The van der Waals surface area contributed by atoms with Crippen LogP contribution < -0.4 is 0 Å². The summed E-state index contributed by atoms with van der Waals surface area (Å²) in [4.78, 5) is 40.0. The van der Waals surface area contributed by atoms with Crippen LogP contribution in [-0.4, -0.2) is 47.0 Å². The Bertz CT molecular complexity index is 612. The molecule has 0 saturated carbocycles. The van der Waals surface area contributed by atoms with Crippen LogP contribution in [0.3, 0.4) is 0 Å². The van der Waals surface area contributed by atoms with E-state index in [1.165, 1.54) is 24.3 Å². The highest BCUT2D eigenvalue weighted by Gasteiger charge is 2.44. The first-order valence-corrected chi connectivity index (χ1v) is 11.8. The Morgan fingerprint density at radius 1 is 0.600 bits per heavy atom. The Morgan fingerprint density at radius 2 is 0.920 bits per heavy atom. The molecule has 0 aliphatic rings. The standard InChI is InChI=1S/C16H22O7Si2/c17-15-5-1-13(2-6-15)9-11-24(19,20)23-25(21,22)12-10-14-3-7-16(18)8-4-14/h1-8,17-22H,9-12H2. The van der Waals surface area contributed by atoms with Crippen molar-refractivity contribution in [3.05, 3.63) is 59.7 Å². The topological polar surface area (TPSA) is 131 Å². The first-order valence-electron chi connectivity index (χ1n) is 7.81. The van der Waals surface area contributed by atoms with Gasteiger partial charge in [0.05, 0.1) is 0 Å². The molecular weight excluding hydrogens is 360 g/mol. The van der Waals surface area contributed by atoms with E-state index >= 15 is 0 Å². The molecule has 25 heavy (non-hydrogen) atoms. The summed E-state index contributed by atoms with van der Waals surface area (Å²) in [5.74, 6) is 0.228. The zero-order valence-electron chi connectivity index (χ0n) is 13.5. The summed E-state index contributed by atoms with van der Waals surface area (Å²) < 4.78 is 4.92. The SMILES string of the molecule is Oc1ccc(CC[Si](O)(O)O[Si](O)(O)CCc2ccc(O)cc2)cc1. The van der Waals surface area contributed by atoms with E-state index < -0.39 is 17.6 Å². The Kier molecular flexibility index (Phi) is 6.35. The van der Waals surface area contributed by atoms with Crippen molar-refractivity contribution < 1.29 is 33.5 Å². The van der Waals surface area contributed by atoms with Crippen molar-refractivity contribution >= 4 is 17.6 Å². The Morgan fingerprint density at radius 3 is 1.24 bits per heavy atom. The minimum atomic E-state index is -4.22. The van der Waals surface area contributed by atoms with Crippen molar-refractivity contribution in [3.8, 4) is 11.5 Å². The zero-order chi connectivity index (χ0) is 18.5. The van der Waals surface area contributed by atoms with Crippen LogP contribution in [0.1, 0.15) is 11.1 Å². The molecule has 0 aliphatic heterocycles. The Labute approximate surface area is 147 Å². The smallest absolute Gasteiger partial charge is 0.488 e. The number of hydrogen-bond acceptors (Lipinski definition) is 7. The van der Waals surface area contributed by atoms with Crippen LogP contribution in [0.5, 0.6) is 11.5 Å². The van der Waals surface area contributed by atoms with Crippen LogP contribution in [0.2, 0.25) is 12.1 Å². The largest absolute Gasteiger partial charge is 0.508 e. The summed E-state index contributed by atoms with van der Waals surface area (Å²) >= 11 is 0. The van der Waals surface area contributed by atoms with Gasteiger partial charge in [-0.25, -0.2) is 0 Å². The fourth-order valence-corrected chi connectivity index (χ4v) is 6.44. The fraction of sp³-hybridized carbons (Fsp3) is 0.250. The fourth-order valence-electron chi connectivity index (χ4n) is 2.30. The quantitative estimate of drug-likeness (QED) is 0.371. The van der Waals surface area contributed by atoms with E-state index in [4.69, 9.17) is 4.12 Å². The minimum Gasteiger partial charge on any atom is -0.508 e. The van der Waals surface area contributed by atoms with Crippen LogP contribution in [-0.2, 0) is 17.0 Å². The highest BCUT2D eigenvalue weighted by Crippen LogP contribution is 2.20. The number of phenolic OH excluding ortho intramolecular Hbond substituents is 2. The summed E-state index contributed by atoms with van der Waals surface area (Å²) in [6, 6.07) is 12.3. The molecule has 0 heterocycles. The van der Waals surface area contributed by atoms with Gasteiger partial charge < -0.3 is 33.5 Å². The number of benzene rings is 2. The average molecular weight is 383 g/mol. The third-order valence-corrected chi connectivity index (χ3v) is 8.10. The lowest BCUT2D eigenvalue weighted by atomic mass is 10.2. The van der Waals surface area contributed by atoms with E-state index in [1.54, 1.807) is 24.3 Å². The molecule has 0 radical (unpaired) electrons. The van der Waals surface area contributed by atoms with E-state index in [2.05, 4.69) is 0 Å². The molecule has 0 saturated heterocycles. The van der Waals surface area contributed by atoms with Gasteiger partial charge >= 0.3 is 17.6 Å². The second-order valence-corrected chi connectivity index (χ2v) is 10.7. The Balaban J connectivity index is 1.85. The van der Waals surface area contributed by atoms with E-state index in [1.807, 2.05) is 0 Å².